The zero-order chi connectivity index (χ0) is 10.1. The molecule has 1 saturated heterocycles. The van der Waals surface area contributed by atoms with Crippen LogP contribution in [0.3, 0.4) is 0 Å². The van der Waals surface area contributed by atoms with Crippen LogP contribution in [0.1, 0.15) is 24.4 Å². The number of nitrogens with one attached hydrogen (secondary N) is 1. The van der Waals surface area contributed by atoms with Crippen molar-refractivity contribution in [2.75, 3.05) is 6.54 Å². The number of hydrogen-bond donors (Lipinski definition) is 1. The molecule has 1 heterocycles. The first-order valence-electron chi connectivity index (χ1n) is 4.57. The lowest BCUT2D eigenvalue weighted by molar-refractivity contribution is 0.498. The van der Waals surface area contributed by atoms with Gasteiger partial charge in [0.1, 0.15) is 0 Å². The first kappa shape index (κ1) is 10.1. The Morgan fingerprint density at radius 3 is 2.79 bits per heavy atom. The average Bonchev–Trinajstić information content (AvgIpc) is 2.67. The Bertz CT molecular complexity index is 348. The summed E-state index contributed by atoms with van der Waals surface area (Å²) in [7, 11) is 0. The van der Waals surface area contributed by atoms with Crippen LogP contribution in [0.4, 0.5) is 8.78 Å². The minimum atomic E-state index is -0.807. The number of halogens is 3. The Hall–Kier alpha value is -0.480. The molecule has 0 aliphatic carbocycles. The van der Waals surface area contributed by atoms with E-state index in [-0.39, 0.29) is 10.5 Å². The van der Waals surface area contributed by atoms with Gasteiger partial charge in [-0.25, -0.2) is 8.78 Å². The molecule has 2 rings (SSSR count). The fourth-order valence-electron chi connectivity index (χ4n) is 1.76. The van der Waals surface area contributed by atoms with Crippen molar-refractivity contribution in [1.29, 1.82) is 0 Å². The van der Waals surface area contributed by atoms with Crippen molar-refractivity contribution in [1.82, 2.24) is 5.32 Å². The van der Waals surface area contributed by atoms with E-state index < -0.39 is 11.6 Å². The Morgan fingerprint density at radius 1 is 1.36 bits per heavy atom. The molecule has 1 N–H and O–H groups in total. The minimum absolute atomic E-state index is 0.152. The van der Waals surface area contributed by atoms with Gasteiger partial charge in [-0.05, 0) is 46.9 Å². The molecule has 4 heteroatoms. The molecular weight excluding hydrogens is 252 g/mol. The van der Waals surface area contributed by atoms with Gasteiger partial charge < -0.3 is 5.32 Å². The SMILES string of the molecule is Fc1ccc(C2CCCN2)c(Br)c1F. The number of benzene rings is 1. The maximum atomic E-state index is 13.2. The highest BCUT2D eigenvalue weighted by atomic mass is 79.9. The second-order valence-electron chi connectivity index (χ2n) is 3.41. The minimum Gasteiger partial charge on any atom is -0.310 e. The first-order chi connectivity index (χ1) is 6.70. The third-order valence-electron chi connectivity index (χ3n) is 2.50. The second-order valence-corrected chi connectivity index (χ2v) is 4.21. The molecule has 0 amide bonds. The molecule has 1 nitrogen and oxygen atoms in total. The number of rotatable bonds is 1. The van der Waals surface area contributed by atoms with Gasteiger partial charge in [-0.15, -0.1) is 0 Å². The van der Waals surface area contributed by atoms with Gasteiger partial charge >= 0.3 is 0 Å². The largest absolute Gasteiger partial charge is 0.310 e. The van der Waals surface area contributed by atoms with E-state index in [0.717, 1.165) is 24.9 Å². The highest BCUT2D eigenvalue weighted by Gasteiger charge is 2.21. The highest BCUT2D eigenvalue weighted by molar-refractivity contribution is 9.10. The fraction of sp³-hybridized carbons (Fsp3) is 0.400. The quantitative estimate of drug-likeness (QED) is 0.766. The van der Waals surface area contributed by atoms with Crippen molar-refractivity contribution in [3.63, 3.8) is 0 Å². The summed E-state index contributed by atoms with van der Waals surface area (Å²) in [6.45, 7) is 0.941. The van der Waals surface area contributed by atoms with Crippen LogP contribution >= 0.6 is 15.9 Å². The summed E-state index contributed by atoms with van der Waals surface area (Å²) in [5.74, 6) is -1.60. The lowest BCUT2D eigenvalue weighted by atomic mass is 10.1. The van der Waals surface area contributed by atoms with Crippen molar-refractivity contribution >= 4 is 15.9 Å². The van der Waals surface area contributed by atoms with Crippen molar-refractivity contribution in [2.45, 2.75) is 18.9 Å². The van der Waals surface area contributed by atoms with Crippen molar-refractivity contribution < 1.29 is 8.78 Å². The zero-order valence-electron chi connectivity index (χ0n) is 7.49. The van der Waals surface area contributed by atoms with Gasteiger partial charge in [-0.3, -0.25) is 0 Å². The molecule has 0 saturated carbocycles. The molecule has 1 aliphatic rings. The summed E-state index contributed by atoms with van der Waals surface area (Å²) in [4.78, 5) is 0. The Labute approximate surface area is 89.6 Å². The van der Waals surface area contributed by atoms with E-state index in [9.17, 15) is 8.78 Å². The normalized spacial score (nSPS) is 21.5. The molecule has 1 unspecified atom stereocenters. The summed E-state index contributed by atoms with van der Waals surface area (Å²) in [5, 5.41) is 3.24. The van der Waals surface area contributed by atoms with Gasteiger partial charge in [0.25, 0.3) is 0 Å². The van der Waals surface area contributed by atoms with Gasteiger partial charge in [0, 0.05) is 6.04 Å². The molecule has 1 atom stereocenters. The molecule has 14 heavy (non-hydrogen) atoms. The number of hydrogen-bond acceptors (Lipinski definition) is 1. The molecule has 76 valence electrons. The van der Waals surface area contributed by atoms with E-state index in [1.165, 1.54) is 6.07 Å². The van der Waals surface area contributed by atoms with E-state index in [1.54, 1.807) is 6.07 Å². The Balaban J connectivity index is 2.38. The molecule has 0 radical (unpaired) electrons. The van der Waals surface area contributed by atoms with Gasteiger partial charge in [-0.1, -0.05) is 6.07 Å². The monoisotopic (exact) mass is 261 g/mol. The van der Waals surface area contributed by atoms with Crippen LogP contribution < -0.4 is 5.32 Å². The van der Waals surface area contributed by atoms with Crippen LogP contribution in [0.2, 0.25) is 0 Å². The molecule has 1 aliphatic heterocycles. The maximum absolute atomic E-state index is 13.2. The average molecular weight is 262 g/mol. The van der Waals surface area contributed by atoms with Gasteiger partial charge in [0.2, 0.25) is 0 Å². The van der Waals surface area contributed by atoms with E-state index >= 15 is 0 Å². The fourth-order valence-corrected chi connectivity index (χ4v) is 2.36. The maximum Gasteiger partial charge on any atom is 0.173 e. The summed E-state index contributed by atoms with van der Waals surface area (Å²) in [5.41, 5.74) is 0.807. The lowest BCUT2D eigenvalue weighted by Gasteiger charge is -2.13. The van der Waals surface area contributed by atoms with E-state index in [1.807, 2.05) is 0 Å². The topological polar surface area (TPSA) is 12.0 Å². The van der Waals surface area contributed by atoms with Crippen molar-refractivity contribution in [2.24, 2.45) is 0 Å². The van der Waals surface area contributed by atoms with Gasteiger partial charge in [0.05, 0.1) is 4.47 Å². The van der Waals surface area contributed by atoms with Crippen LogP contribution in [0.15, 0.2) is 16.6 Å². The molecule has 1 aromatic carbocycles. The predicted molar refractivity (Wildman–Crippen MR) is 54.0 cm³/mol. The molecule has 0 aromatic heterocycles. The summed E-state index contributed by atoms with van der Waals surface area (Å²) < 4.78 is 26.3. The first-order valence-corrected chi connectivity index (χ1v) is 5.36. The van der Waals surface area contributed by atoms with Crippen LogP contribution in [-0.4, -0.2) is 6.54 Å². The third kappa shape index (κ3) is 1.68. The molecule has 0 spiro atoms. The Kier molecular flexibility index (Phi) is 2.83. The van der Waals surface area contributed by atoms with Gasteiger partial charge in [-0.2, -0.15) is 0 Å². The third-order valence-corrected chi connectivity index (χ3v) is 3.31. The predicted octanol–water partition coefficient (Wildman–Crippen LogP) is 3.15. The lowest BCUT2D eigenvalue weighted by Crippen LogP contribution is -2.14. The van der Waals surface area contributed by atoms with Crippen LogP contribution in [0.25, 0.3) is 0 Å². The van der Waals surface area contributed by atoms with E-state index in [2.05, 4.69) is 21.2 Å². The zero-order valence-corrected chi connectivity index (χ0v) is 9.07. The van der Waals surface area contributed by atoms with Gasteiger partial charge in [0.15, 0.2) is 11.6 Å². The molecular formula is C10H10BrF2N. The van der Waals surface area contributed by atoms with Crippen molar-refractivity contribution in [3.8, 4) is 0 Å². The van der Waals surface area contributed by atoms with Crippen LogP contribution in [0.5, 0.6) is 0 Å². The molecule has 1 aromatic rings. The van der Waals surface area contributed by atoms with Crippen LogP contribution in [0, 0.1) is 11.6 Å². The van der Waals surface area contributed by atoms with E-state index in [4.69, 9.17) is 0 Å². The smallest absolute Gasteiger partial charge is 0.173 e. The Morgan fingerprint density at radius 2 is 2.14 bits per heavy atom. The standard InChI is InChI=1S/C10H10BrF2N/c11-9-6(8-2-1-5-14-8)3-4-7(12)10(9)13/h3-4,8,14H,1-2,5H2. The van der Waals surface area contributed by atoms with Crippen molar-refractivity contribution in [3.05, 3.63) is 33.8 Å². The molecule has 0 bridgehead atoms. The highest BCUT2D eigenvalue weighted by Crippen LogP contribution is 2.31. The van der Waals surface area contributed by atoms with E-state index in [0.29, 0.717) is 0 Å². The summed E-state index contributed by atoms with van der Waals surface area (Å²) in [6, 6.07) is 2.96. The second kappa shape index (κ2) is 3.95. The molecule has 1 fully saturated rings. The van der Waals surface area contributed by atoms with Crippen LogP contribution in [-0.2, 0) is 0 Å². The summed E-state index contributed by atoms with van der Waals surface area (Å²) in [6.07, 6.45) is 2.06. The summed E-state index contributed by atoms with van der Waals surface area (Å²) >= 11 is 3.09.